The molecule has 0 radical (unpaired) electrons. The predicted molar refractivity (Wildman–Crippen MR) is 101 cm³/mol. The smallest absolute Gasteiger partial charge is 0.358 e. The number of likely N-dealkylation sites (N-methyl/N-ethyl adjacent to an activating group) is 1. The Kier molecular flexibility index (Phi) is 7.18. The van der Waals surface area contributed by atoms with Gasteiger partial charge in [0.05, 0.1) is 22.0 Å². The van der Waals surface area contributed by atoms with E-state index in [2.05, 4.69) is 0 Å². The van der Waals surface area contributed by atoms with Gasteiger partial charge in [0.1, 0.15) is 0 Å². The third kappa shape index (κ3) is 5.14. The van der Waals surface area contributed by atoms with Crippen molar-refractivity contribution in [3.63, 3.8) is 0 Å². The molecule has 0 unspecified atom stereocenters. The van der Waals surface area contributed by atoms with Crippen molar-refractivity contribution >= 4 is 23.0 Å². The maximum Gasteiger partial charge on any atom is 0.416 e. The number of nitro groups is 2. The first-order chi connectivity index (χ1) is 14.0. The van der Waals surface area contributed by atoms with Gasteiger partial charge in [-0.2, -0.15) is 13.2 Å². The molecule has 0 aromatic heterocycles. The fourth-order valence-electron chi connectivity index (χ4n) is 3.37. The van der Waals surface area contributed by atoms with Crippen molar-refractivity contribution in [3.8, 4) is 0 Å². The zero-order valence-electron chi connectivity index (χ0n) is 16.5. The molecule has 1 aromatic rings. The van der Waals surface area contributed by atoms with E-state index in [0.717, 1.165) is 0 Å². The number of alkyl halides is 3. The molecular weight excluding hydrogens is 411 g/mol. The maximum atomic E-state index is 13.0. The maximum absolute atomic E-state index is 13.0. The van der Waals surface area contributed by atoms with Crippen LogP contribution in [0.15, 0.2) is 12.1 Å². The van der Waals surface area contributed by atoms with Gasteiger partial charge in [0.15, 0.2) is 5.69 Å². The van der Waals surface area contributed by atoms with Crippen LogP contribution in [0.2, 0.25) is 0 Å². The van der Waals surface area contributed by atoms with Crippen molar-refractivity contribution in [2.24, 2.45) is 0 Å². The van der Waals surface area contributed by atoms with Crippen LogP contribution in [-0.4, -0.2) is 71.4 Å². The van der Waals surface area contributed by atoms with Gasteiger partial charge in [-0.1, -0.05) is 0 Å². The van der Waals surface area contributed by atoms with Crippen molar-refractivity contribution in [1.29, 1.82) is 0 Å². The number of amides is 1. The minimum absolute atomic E-state index is 0.0834. The molecule has 2 rings (SSSR count). The first-order valence-corrected chi connectivity index (χ1v) is 9.28. The van der Waals surface area contributed by atoms with E-state index in [0.29, 0.717) is 25.2 Å². The number of nitro benzene ring substituents is 2. The van der Waals surface area contributed by atoms with E-state index >= 15 is 0 Å². The molecule has 1 aromatic carbocycles. The molecule has 0 saturated carbocycles. The van der Waals surface area contributed by atoms with Crippen LogP contribution in [0.4, 0.5) is 30.2 Å². The zero-order chi connectivity index (χ0) is 22.6. The minimum atomic E-state index is -4.96. The third-order valence-corrected chi connectivity index (χ3v) is 4.95. The van der Waals surface area contributed by atoms with Crippen molar-refractivity contribution in [3.05, 3.63) is 37.9 Å². The van der Waals surface area contributed by atoms with E-state index in [-0.39, 0.29) is 38.6 Å². The van der Waals surface area contributed by atoms with E-state index in [9.17, 15) is 38.2 Å². The normalized spacial score (nSPS) is 15.2. The quantitative estimate of drug-likeness (QED) is 0.480. The van der Waals surface area contributed by atoms with Crippen molar-refractivity contribution in [2.45, 2.75) is 20.0 Å². The van der Waals surface area contributed by atoms with Crippen LogP contribution in [0.25, 0.3) is 0 Å². The van der Waals surface area contributed by atoms with Crippen LogP contribution in [0.5, 0.6) is 0 Å². The summed E-state index contributed by atoms with van der Waals surface area (Å²) in [5, 5.41) is 22.8. The number of hydrogen-bond acceptors (Lipinski definition) is 7. The van der Waals surface area contributed by atoms with E-state index in [1.807, 2.05) is 13.8 Å². The first-order valence-electron chi connectivity index (χ1n) is 9.28. The predicted octanol–water partition coefficient (Wildman–Crippen LogP) is 2.51. The molecule has 0 bridgehead atoms. The molecule has 0 spiro atoms. The third-order valence-electron chi connectivity index (χ3n) is 4.95. The van der Waals surface area contributed by atoms with E-state index in [1.165, 1.54) is 4.90 Å². The average Bonchev–Trinajstić information content (AvgIpc) is 2.67. The molecule has 0 atom stereocenters. The van der Waals surface area contributed by atoms with E-state index in [4.69, 9.17) is 0 Å². The summed E-state index contributed by atoms with van der Waals surface area (Å²) in [6.45, 7) is 5.69. The van der Waals surface area contributed by atoms with Gasteiger partial charge in [-0.05, 0) is 13.8 Å². The molecule has 13 heteroatoms. The van der Waals surface area contributed by atoms with Crippen LogP contribution in [-0.2, 0) is 11.0 Å². The standard InChI is InChI=1S/C17H22F3N5O5/c1-3-22(4-2)15(26)11-21-5-7-23(8-6-21)16-13(24(27)28)9-12(17(18,19)20)10-14(16)25(29)30/h9-10H,3-8,11H2,1-2H3. The Bertz CT molecular complexity index is 785. The molecule has 1 aliphatic heterocycles. The zero-order valence-corrected chi connectivity index (χ0v) is 16.5. The molecule has 166 valence electrons. The van der Waals surface area contributed by atoms with Crippen molar-refractivity contribution in [1.82, 2.24) is 9.80 Å². The Hall–Kier alpha value is -2.96. The van der Waals surface area contributed by atoms with Crippen molar-refractivity contribution < 1.29 is 27.8 Å². The van der Waals surface area contributed by atoms with Gasteiger partial charge in [-0.25, -0.2) is 0 Å². The summed E-state index contributed by atoms with van der Waals surface area (Å²) < 4.78 is 39.1. The topological polar surface area (TPSA) is 113 Å². The fourth-order valence-corrected chi connectivity index (χ4v) is 3.37. The van der Waals surface area contributed by atoms with Crippen LogP contribution < -0.4 is 4.90 Å². The molecule has 0 N–H and O–H groups in total. The lowest BCUT2D eigenvalue weighted by atomic mass is 10.1. The molecule has 1 saturated heterocycles. The first kappa shape index (κ1) is 23.3. The van der Waals surface area contributed by atoms with Gasteiger partial charge in [-0.15, -0.1) is 0 Å². The second-order valence-corrected chi connectivity index (χ2v) is 6.70. The highest BCUT2D eigenvalue weighted by Crippen LogP contribution is 2.43. The Morgan fingerprint density at radius 3 is 1.87 bits per heavy atom. The summed E-state index contributed by atoms with van der Waals surface area (Å²) in [6.07, 6.45) is -4.96. The number of carbonyl (C=O) groups is 1. The highest BCUT2D eigenvalue weighted by molar-refractivity contribution is 5.78. The summed E-state index contributed by atoms with van der Waals surface area (Å²) in [5.41, 5.74) is -3.84. The lowest BCUT2D eigenvalue weighted by molar-refractivity contribution is -0.393. The highest BCUT2D eigenvalue weighted by Gasteiger charge is 2.39. The summed E-state index contributed by atoms with van der Waals surface area (Å²) in [4.78, 5) is 37.7. The Balaban J connectivity index is 2.29. The molecule has 1 aliphatic rings. The van der Waals surface area contributed by atoms with Gasteiger partial charge in [0.25, 0.3) is 11.4 Å². The molecular formula is C17H22F3N5O5. The Morgan fingerprint density at radius 2 is 1.50 bits per heavy atom. The lowest BCUT2D eigenvalue weighted by Gasteiger charge is -2.36. The lowest BCUT2D eigenvalue weighted by Crippen LogP contribution is -2.50. The Morgan fingerprint density at radius 1 is 1.03 bits per heavy atom. The van der Waals surface area contributed by atoms with Crippen molar-refractivity contribution in [2.75, 3.05) is 50.7 Å². The molecule has 10 nitrogen and oxygen atoms in total. The van der Waals surface area contributed by atoms with Gasteiger partial charge in [-0.3, -0.25) is 29.9 Å². The number of rotatable bonds is 7. The second-order valence-electron chi connectivity index (χ2n) is 6.70. The molecule has 1 amide bonds. The summed E-state index contributed by atoms with van der Waals surface area (Å²) in [6, 6.07) is 0.636. The SMILES string of the molecule is CCN(CC)C(=O)CN1CCN(c2c([N+](=O)[O-])cc(C(F)(F)F)cc2[N+](=O)[O-])CC1. The molecule has 1 fully saturated rings. The molecule has 0 aliphatic carbocycles. The summed E-state index contributed by atoms with van der Waals surface area (Å²) in [7, 11) is 0. The number of halogens is 3. The van der Waals surface area contributed by atoms with Gasteiger partial charge in [0.2, 0.25) is 5.91 Å². The highest BCUT2D eigenvalue weighted by atomic mass is 19.4. The van der Waals surface area contributed by atoms with E-state index < -0.39 is 38.6 Å². The summed E-state index contributed by atoms with van der Waals surface area (Å²) >= 11 is 0. The number of piperazine rings is 1. The van der Waals surface area contributed by atoms with Gasteiger partial charge >= 0.3 is 6.18 Å². The van der Waals surface area contributed by atoms with Crippen LogP contribution in [0.3, 0.4) is 0 Å². The summed E-state index contributed by atoms with van der Waals surface area (Å²) in [5.74, 6) is -0.0834. The number of nitrogens with zero attached hydrogens (tertiary/aromatic N) is 5. The number of carbonyl (C=O) groups excluding carboxylic acids is 1. The Labute approximate surface area is 170 Å². The average molecular weight is 433 g/mol. The van der Waals surface area contributed by atoms with E-state index in [1.54, 1.807) is 9.80 Å². The minimum Gasteiger partial charge on any atom is -0.358 e. The number of benzene rings is 1. The molecule has 1 heterocycles. The second kappa shape index (κ2) is 9.24. The van der Waals surface area contributed by atoms with Crippen LogP contribution in [0.1, 0.15) is 19.4 Å². The fraction of sp³-hybridized carbons (Fsp3) is 0.588. The number of anilines is 1. The molecule has 30 heavy (non-hydrogen) atoms. The van der Waals surface area contributed by atoms with Gasteiger partial charge < -0.3 is 9.80 Å². The van der Waals surface area contributed by atoms with Crippen LogP contribution in [0, 0.1) is 20.2 Å². The van der Waals surface area contributed by atoms with Crippen LogP contribution >= 0.6 is 0 Å². The monoisotopic (exact) mass is 433 g/mol. The largest absolute Gasteiger partial charge is 0.416 e. The number of hydrogen-bond donors (Lipinski definition) is 0. The van der Waals surface area contributed by atoms with Gasteiger partial charge in [0, 0.05) is 51.4 Å².